The number of ether oxygens (including phenoxy) is 1. The van der Waals surface area contributed by atoms with E-state index in [1.54, 1.807) is 0 Å². The molecule has 1 atom stereocenters. The monoisotopic (exact) mass is 214 g/mol. The van der Waals surface area contributed by atoms with E-state index in [0.29, 0.717) is 6.10 Å². The fraction of sp³-hybridized carbons (Fsp3) is 1.00. The Kier molecular flexibility index (Phi) is 6.22. The van der Waals surface area contributed by atoms with Gasteiger partial charge in [-0.3, -0.25) is 4.90 Å². The van der Waals surface area contributed by atoms with E-state index in [1.165, 1.54) is 25.9 Å². The van der Waals surface area contributed by atoms with Crippen LogP contribution in [0.1, 0.15) is 26.7 Å². The summed E-state index contributed by atoms with van der Waals surface area (Å²) in [6.45, 7) is 11.1. The number of hydrogen-bond acceptors (Lipinski definition) is 3. The van der Waals surface area contributed by atoms with Crippen LogP contribution in [-0.2, 0) is 4.74 Å². The minimum atomic E-state index is 0.418. The Morgan fingerprint density at radius 1 is 1.33 bits per heavy atom. The van der Waals surface area contributed by atoms with Crippen LogP contribution in [0.15, 0.2) is 0 Å². The van der Waals surface area contributed by atoms with Crippen molar-refractivity contribution in [3.05, 3.63) is 0 Å². The maximum atomic E-state index is 5.79. The van der Waals surface area contributed by atoms with Crippen molar-refractivity contribution < 1.29 is 4.74 Å². The summed E-state index contributed by atoms with van der Waals surface area (Å²) in [6.07, 6.45) is 2.89. The SMILES string of the molecule is CCCN(C)C[C@@H]1CN(CCC)CCO1. The van der Waals surface area contributed by atoms with Gasteiger partial charge in [0, 0.05) is 19.6 Å². The first kappa shape index (κ1) is 12.9. The molecule has 0 spiro atoms. The van der Waals surface area contributed by atoms with E-state index in [9.17, 15) is 0 Å². The fourth-order valence-corrected chi connectivity index (χ4v) is 2.23. The van der Waals surface area contributed by atoms with Gasteiger partial charge in [-0.25, -0.2) is 0 Å². The molecule has 15 heavy (non-hydrogen) atoms. The molecule has 0 aromatic rings. The first-order valence-electron chi connectivity index (χ1n) is 6.28. The second-order valence-electron chi connectivity index (χ2n) is 4.56. The molecule has 1 heterocycles. The Bertz CT molecular complexity index is 160. The van der Waals surface area contributed by atoms with Crippen molar-refractivity contribution in [3.8, 4) is 0 Å². The van der Waals surface area contributed by atoms with E-state index in [4.69, 9.17) is 4.74 Å². The lowest BCUT2D eigenvalue weighted by molar-refractivity contribution is -0.0402. The zero-order chi connectivity index (χ0) is 11.1. The zero-order valence-corrected chi connectivity index (χ0v) is 10.5. The predicted molar refractivity (Wildman–Crippen MR) is 64.3 cm³/mol. The Balaban J connectivity index is 2.23. The standard InChI is InChI=1S/C12H26N2O/c1-4-6-13(3)10-12-11-14(7-5-2)8-9-15-12/h12H,4-11H2,1-3H3/t12-/m1/s1. The molecular weight excluding hydrogens is 188 g/mol. The minimum absolute atomic E-state index is 0.418. The minimum Gasteiger partial charge on any atom is -0.374 e. The fourth-order valence-electron chi connectivity index (χ4n) is 2.23. The molecule has 3 heteroatoms. The molecule has 0 unspecified atom stereocenters. The Hall–Kier alpha value is -0.120. The van der Waals surface area contributed by atoms with Crippen LogP contribution in [0.3, 0.4) is 0 Å². The smallest absolute Gasteiger partial charge is 0.0829 e. The van der Waals surface area contributed by atoms with E-state index in [0.717, 1.165) is 26.2 Å². The van der Waals surface area contributed by atoms with E-state index in [-0.39, 0.29) is 0 Å². The summed E-state index contributed by atoms with van der Waals surface area (Å²) >= 11 is 0. The lowest BCUT2D eigenvalue weighted by Crippen LogP contribution is -2.47. The van der Waals surface area contributed by atoms with E-state index in [1.807, 2.05) is 0 Å². The highest BCUT2D eigenvalue weighted by atomic mass is 16.5. The number of morpholine rings is 1. The van der Waals surface area contributed by atoms with Crippen molar-refractivity contribution in [2.75, 3.05) is 46.4 Å². The summed E-state index contributed by atoms with van der Waals surface area (Å²) < 4.78 is 5.79. The van der Waals surface area contributed by atoms with Gasteiger partial charge in [-0.15, -0.1) is 0 Å². The summed E-state index contributed by atoms with van der Waals surface area (Å²) in [7, 11) is 2.19. The number of likely N-dealkylation sites (N-methyl/N-ethyl adjacent to an activating group) is 1. The van der Waals surface area contributed by atoms with Gasteiger partial charge in [-0.2, -0.15) is 0 Å². The molecule has 0 N–H and O–H groups in total. The van der Waals surface area contributed by atoms with E-state index in [2.05, 4.69) is 30.7 Å². The molecule has 0 aliphatic carbocycles. The summed E-state index contributed by atoms with van der Waals surface area (Å²) in [5.74, 6) is 0. The largest absolute Gasteiger partial charge is 0.374 e. The number of nitrogens with zero attached hydrogens (tertiary/aromatic N) is 2. The van der Waals surface area contributed by atoms with Gasteiger partial charge in [0.25, 0.3) is 0 Å². The molecule has 0 saturated carbocycles. The highest BCUT2D eigenvalue weighted by molar-refractivity contribution is 4.73. The quantitative estimate of drug-likeness (QED) is 0.665. The van der Waals surface area contributed by atoms with Gasteiger partial charge in [0.2, 0.25) is 0 Å². The van der Waals surface area contributed by atoms with Gasteiger partial charge in [0.15, 0.2) is 0 Å². The predicted octanol–water partition coefficient (Wildman–Crippen LogP) is 1.44. The van der Waals surface area contributed by atoms with Crippen LogP contribution in [0.2, 0.25) is 0 Å². The van der Waals surface area contributed by atoms with Crippen LogP contribution >= 0.6 is 0 Å². The molecule has 0 aromatic carbocycles. The molecule has 0 aromatic heterocycles. The second kappa shape index (κ2) is 7.20. The Labute approximate surface area is 94.4 Å². The molecule has 1 fully saturated rings. The van der Waals surface area contributed by atoms with Crippen molar-refractivity contribution >= 4 is 0 Å². The molecule has 0 radical (unpaired) electrons. The van der Waals surface area contributed by atoms with Crippen LogP contribution < -0.4 is 0 Å². The lowest BCUT2D eigenvalue weighted by atomic mass is 10.2. The first-order valence-corrected chi connectivity index (χ1v) is 6.28. The summed E-state index contributed by atoms with van der Waals surface area (Å²) in [6, 6.07) is 0. The van der Waals surface area contributed by atoms with Crippen molar-refractivity contribution in [2.24, 2.45) is 0 Å². The third-order valence-electron chi connectivity index (χ3n) is 2.88. The Morgan fingerprint density at radius 3 is 2.80 bits per heavy atom. The molecule has 0 amide bonds. The van der Waals surface area contributed by atoms with Crippen LogP contribution in [0, 0.1) is 0 Å². The number of hydrogen-bond donors (Lipinski definition) is 0. The molecule has 1 rings (SSSR count). The van der Waals surface area contributed by atoms with Crippen molar-refractivity contribution in [1.29, 1.82) is 0 Å². The van der Waals surface area contributed by atoms with Gasteiger partial charge >= 0.3 is 0 Å². The first-order chi connectivity index (χ1) is 7.26. The lowest BCUT2D eigenvalue weighted by Gasteiger charge is -2.34. The number of rotatable bonds is 6. The third kappa shape index (κ3) is 4.96. The highest BCUT2D eigenvalue weighted by Gasteiger charge is 2.20. The second-order valence-corrected chi connectivity index (χ2v) is 4.56. The summed E-state index contributed by atoms with van der Waals surface area (Å²) in [5, 5.41) is 0. The van der Waals surface area contributed by atoms with Crippen LogP contribution in [-0.4, -0.2) is 62.3 Å². The van der Waals surface area contributed by atoms with Gasteiger partial charge < -0.3 is 9.64 Å². The zero-order valence-electron chi connectivity index (χ0n) is 10.5. The highest BCUT2D eigenvalue weighted by Crippen LogP contribution is 2.07. The maximum absolute atomic E-state index is 5.79. The normalized spacial score (nSPS) is 23.6. The van der Waals surface area contributed by atoms with Crippen molar-refractivity contribution in [3.63, 3.8) is 0 Å². The van der Waals surface area contributed by atoms with Gasteiger partial charge in [0.1, 0.15) is 0 Å². The molecule has 3 nitrogen and oxygen atoms in total. The van der Waals surface area contributed by atoms with Crippen LogP contribution in [0.25, 0.3) is 0 Å². The third-order valence-corrected chi connectivity index (χ3v) is 2.88. The molecule has 90 valence electrons. The molecule has 1 saturated heterocycles. The van der Waals surface area contributed by atoms with Crippen molar-refractivity contribution in [2.45, 2.75) is 32.8 Å². The van der Waals surface area contributed by atoms with E-state index >= 15 is 0 Å². The topological polar surface area (TPSA) is 15.7 Å². The Morgan fingerprint density at radius 2 is 2.13 bits per heavy atom. The van der Waals surface area contributed by atoms with Gasteiger partial charge in [-0.05, 0) is 33.0 Å². The van der Waals surface area contributed by atoms with Gasteiger partial charge in [0.05, 0.1) is 12.7 Å². The summed E-state index contributed by atoms with van der Waals surface area (Å²) in [4.78, 5) is 4.90. The van der Waals surface area contributed by atoms with Crippen LogP contribution in [0.5, 0.6) is 0 Å². The van der Waals surface area contributed by atoms with Crippen LogP contribution in [0.4, 0.5) is 0 Å². The average molecular weight is 214 g/mol. The molecular formula is C12H26N2O. The van der Waals surface area contributed by atoms with Crippen molar-refractivity contribution in [1.82, 2.24) is 9.80 Å². The van der Waals surface area contributed by atoms with Gasteiger partial charge in [-0.1, -0.05) is 13.8 Å². The average Bonchev–Trinajstić information content (AvgIpc) is 2.19. The molecule has 1 aliphatic rings. The summed E-state index contributed by atoms with van der Waals surface area (Å²) in [5.41, 5.74) is 0. The van der Waals surface area contributed by atoms with E-state index < -0.39 is 0 Å². The maximum Gasteiger partial charge on any atom is 0.0829 e. The molecule has 0 bridgehead atoms. The molecule has 1 aliphatic heterocycles.